The fraction of sp³-hybridized carbons (Fsp3) is 0.650. The monoisotopic (exact) mass is 359 g/mol. The normalized spacial score (nSPS) is 35.2. The number of benzene rings is 1. The summed E-state index contributed by atoms with van der Waals surface area (Å²) >= 11 is 0. The standard InChI is InChI=1S/C20H25NO5/c1-24-20(23)19-14-7-15-13-8-18-17(25-10-26-18)6-11(13)4-5-21(15)9-12(14)2-3-16(19)22/h6,8,12,14-16,19,22H,2-5,7,9-10H2,1H3/t12?,14-,15+,16-,19+/m0/s1. The van der Waals surface area contributed by atoms with E-state index in [4.69, 9.17) is 14.2 Å². The number of piperidine rings is 1. The van der Waals surface area contributed by atoms with Gasteiger partial charge in [0.25, 0.3) is 0 Å². The van der Waals surface area contributed by atoms with Gasteiger partial charge in [-0.25, -0.2) is 0 Å². The maximum Gasteiger partial charge on any atom is 0.311 e. The summed E-state index contributed by atoms with van der Waals surface area (Å²) in [4.78, 5) is 14.9. The molecule has 1 aromatic rings. The average Bonchev–Trinajstić information content (AvgIpc) is 3.11. The van der Waals surface area contributed by atoms with Crippen molar-refractivity contribution < 1.29 is 24.1 Å². The number of rotatable bonds is 1. The largest absolute Gasteiger partial charge is 0.469 e. The Morgan fingerprint density at radius 2 is 2.08 bits per heavy atom. The first-order valence-corrected chi connectivity index (χ1v) is 9.58. The van der Waals surface area contributed by atoms with Gasteiger partial charge in [0, 0.05) is 19.1 Å². The minimum atomic E-state index is -0.588. The lowest BCUT2D eigenvalue weighted by Crippen LogP contribution is -2.53. The Kier molecular flexibility index (Phi) is 3.87. The molecule has 0 aromatic heterocycles. The van der Waals surface area contributed by atoms with Crippen molar-refractivity contribution in [3.8, 4) is 11.5 Å². The first-order valence-electron chi connectivity index (χ1n) is 9.58. The number of aliphatic hydroxyl groups is 1. The van der Waals surface area contributed by atoms with Gasteiger partial charge in [0.2, 0.25) is 6.79 Å². The summed E-state index contributed by atoms with van der Waals surface area (Å²) in [5.41, 5.74) is 2.61. The van der Waals surface area contributed by atoms with E-state index in [9.17, 15) is 9.90 Å². The number of hydrogen-bond donors (Lipinski definition) is 1. The van der Waals surface area contributed by atoms with Crippen LogP contribution in [0.5, 0.6) is 11.5 Å². The molecule has 1 aromatic carbocycles. The van der Waals surface area contributed by atoms with Crippen molar-refractivity contribution in [3.05, 3.63) is 23.3 Å². The number of nitrogens with zero attached hydrogens (tertiary/aromatic N) is 1. The number of hydrogen-bond acceptors (Lipinski definition) is 6. The molecule has 1 saturated heterocycles. The van der Waals surface area contributed by atoms with Crippen LogP contribution in [0, 0.1) is 17.8 Å². The Labute approximate surface area is 153 Å². The molecule has 4 aliphatic rings. The van der Waals surface area contributed by atoms with Gasteiger partial charge >= 0.3 is 5.97 Å². The smallest absolute Gasteiger partial charge is 0.311 e. The number of carbonyl (C=O) groups excluding carboxylic acids is 1. The van der Waals surface area contributed by atoms with Gasteiger partial charge in [0.05, 0.1) is 19.1 Å². The average molecular weight is 359 g/mol. The molecule has 1 aliphatic carbocycles. The molecule has 3 heterocycles. The van der Waals surface area contributed by atoms with Crippen molar-refractivity contribution in [2.45, 2.75) is 37.8 Å². The van der Waals surface area contributed by atoms with Crippen molar-refractivity contribution in [1.82, 2.24) is 4.90 Å². The third-order valence-corrected chi connectivity index (χ3v) is 6.85. The molecule has 3 aliphatic heterocycles. The van der Waals surface area contributed by atoms with E-state index in [2.05, 4.69) is 17.0 Å². The Morgan fingerprint density at radius 1 is 1.27 bits per heavy atom. The van der Waals surface area contributed by atoms with E-state index in [0.717, 1.165) is 43.9 Å². The first kappa shape index (κ1) is 16.4. The fourth-order valence-corrected chi connectivity index (χ4v) is 5.59. The van der Waals surface area contributed by atoms with E-state index < -0.39 is 12.0 Å². The molecule has 2 fully saturated rings. The van der Waals surface area contributed by atoms with E-state index in [1.54, 1.807) is 0 Å². The van der Waals surface area contributed by atoms with Crippen molar-refractivity contribution >= 4 is 5.97 Å². The maximum absolute atomic E-state index is 12.4. The van der Waals surface area contributed by atoms with Crippen LogP contribution < -0.4 is 9.47 Å². The molecular weight excluding hydrogens is 334 g/mol. The highest BCUT2D eigenvalue weighted by Gasteiger charge is 2.49. The molecule has 1 unspecified atom stereocenters. The summed E-state index contributed by atoms with van der Waals surface area (Å²) < 4.78 is 16.1. The molecule has 0 bridgehead atoms. The number of aliphatic hydroxyl groups excluding tert-OH is 1. The topological polar surface area (TPSA) is 68.2 Å². The van der Waals surface area contributed by atoms with Gasteiger partial charge in [0.15, 0.2) is 11.5 Å². The molecule has 0 spiro atoms. The molecule has 140 valence electrons. The van der Waals surface area contributed by atoms with E-state index in [1.165, 1.54) is 18.2 Å². The lowest BCUT2D eigenvalue weighted by Gasteiger charge is -2.51. The minimum absolute atomic E-state index is 0.170. The molecule has 26 heavy (non-hydrogen) atoms. The van der Waals surface area contributed by atoms with Crippen LogP contribution in [0.15, 0.2) is 12.1 Å². The maximum atomic E-state index is 12.4. The second-order valence-corrected chi connectivity index (χ2v) is 8.02. The second kappa shape index (κ2) is 6.13. The Morgan fingerprint density at radius 3 is 2.88 bits per heavy atom. The molecule has 0 amide bonds. The predicted molar refractivity (Wildman–Crippen MR) is 92.9 cm³/mol. The first-order chi connectivity index (χ1) is 12.7. The van der Waals surface area contributed by atoms with Gasteiger partial charge in [-0.2, -0.15) is 0 Å². The summed E-state index contributed by atoms with van der Waals surface area (Å²) in [6.07, 6.45) is 2.98. The molecule has 1 saturated carbocycles. The van der Waals surface area contributed by atoms with Crippen LogP contribution in [0.25, 0.3) is 0 Å². The number of methoxy groups -OCH3 is 1. The van der Waals surface area contributed by atoms with Crippen molar-refractivity contribution in [1.29, 1.82) is 0 Å². The number of carbonyl (C=O) groups is 1. The van der Waals surface area contributed by atoms with Gasteiger partial charge in [-0.15, -0.1) is 0 Å². The lowest BCUT2D eigenvalue weighted by molar-refractivity contribution is -0.160. The van der Waals surface area contributed by atoms with Crippen molar-refractivity contribution in [2.75, 3.05) is 27.0 Å². The Bertz CT molecular complexity index is 735. The van der Waals surface area contributed by atoms with Crippen LogP contribution in [0.4, 0.5) is 0 Å². The number of fused-ring (bicyclic) bond motifs is 5. The highest BCUT2D eigenvalue weighted by atomic mass is 16.7. The summed E-state index contributed by atoms with van der Waals surface area (Å²) in [5.74, 6) is 1.62. The SMILES string of the molecule is COC(=O)[C@H]1[C@@H](O)CCC2CN3CCc4cc5c(cc4[C@H]3C[C@@H]21)OCO5. The van der Waals surface area contributed by atoms with Crippen LogP contribution >= 0.6 is 0 Å². The highest BCUT2D eigenvalue weighted by molar-refractivity contribution is 5.73. The fourth-order valence-electron chi connectivity index (χ4n) is 5.59. The molecule has 5 atom stereocenters. The predicted octanol–water partition coefficient (Wildman–Crippen LogP) is 1.89. The van der Waals surface area contributed by atoms with Gasteiger partial charge in [0.1, 0.15) is 0 Å². The minimum Gasteiger partial charge on any atom is -0.469 e. The molecule has 5 rings (SSSR count). The van der Waals surface area contributed by atoms with Crippen LogP contribution in [-0.4, -0.2) is 49.1 Å². The van der Waals surface area contributed by atoms with Crippen LogP contribution in [0.3, 0.4) is 0 Å². The van der Waals surface area contributed by atoms with Crippen molar-refractivity contribution in [2.24, 2.45) is 17.8 Å². The number of esters is 1. The van der Waals surface area contributed by atoms with E-state index in [-0.39, 0.29) is 24.7 Å². The van der Waals surface area contributed by atoms with E-state index >= 15 is 0 Å². The Hall–Kier alpha value is -1.79. The Balaban J connectivity index is 1.49. The van der Waals surface area contributed by atoms with Crippen LogP contribution in [0.1, 0.15) is 36.4 Å². The zero-order valence-corrected chi connectivity index (χ0v) is 15.0. The van der Waals surface area contributed by atoms with E-state index in [1.807, 2.05) is 0 Å². The molecule has 0 radical (unpaired) electrons. The lowest BCUT2D eigenvalue weighted by atomic mass is 9.64. The zero-order valence-electron chi connectivity index (χ0n) is 15.0. The summed E-state index contributed by atoms with van der Waals surface area (Å²) in [7, 11) is 1.42. The summed E-state index contributed by atoms with van der Waals surface area (Å²) in [6, 6.07) is 4.52. The quantitative estimate of drug-likeness (QED) is 0.773. The number of ether oxygens (including phenoxy) is 3. The van der Waals surface area contributed by atoms with Crippen LogP contribution in [-0.2, 0) is 16.0 Å². The molecule has 6 heteroatoms. The van der Waals surface area contributed by atoms with Gasteiger partial charge in [-0.1, -0.05) is 0 Å². The molecular formula is C20H25NO5. The van der Waals surface area contributed by atoms with Gasteiger partial charge < -0.3 is 19.3 Å². The van der Waals surface area contributed by atoms with Gasteiger partial charge in [-0.3, -0.25) is 9.69 Å². The molecule has 1 N–H and O–H groups in total. The van der Waals surface area contributed by atoms with Crippen molar-refractivity contribution in [3.63, 3.8) is 0 Å². The zero-order chi connectivity index (χ0) is 17.8. The summed E-state index contributed by atoms with van der Waals surface area (Å²) in [6.45, 7) is 2.31. The third kappa shape index (κ3) is 2.42. The molecule has 6 nitrogen and oxygen atoms in total. The van der Waals surface area contributed by atoms with Gasteiger partial charge in [-0.05, 0) is 60.8 Å². The second-order valence-electron chi connectivity index (χ2n) is 8.02. The summed E-state index contributed by atoms with van der Waals surface area (Å²) in [5, 5.41) is 10.5. The highest BCUT2D eigenvalue weighted by Crippen LogP contribution is 2.50. The third-order valence-electron chi connectivity index (χ3n) is 6.85. The van der Waals surface area contributed by atoms with Crippen LogP contribution in [0.2, 0.25) is 0 Å². The van der Waals surface area contributed by atoms with E-state index in [0.29, 0.717) is 12.3 Å².